The zero-order valence-corrected chi connectivity index (χ0v) is 13.7. The van der Waals surface area contributed by atoms with E-state index >= 15 is 0 Å². The highest BCUT2D eigenvalue weighted by atomic mass is 32.1. The molecule has 1 atom stereocenters. The molecule has 0 unspecified atom stereocenters. The third-order valence-electron chi connectivity index (χ3n) is 4.32. The molecule has 1 aromatic carbocycles. The second-order valence-corrected chi connectivity index (χ2v) is 6.57. The van der Waals surface area contributed by atoms with Gasteiger partial charge in [0.1, 0.15) is 11.4 Å². The van der Waals surface area contributed by atoms with Gasteiger partial charge in [0.15, 0.2) is 0 Å². The number of carbonyl (C=O) groups is 2. The van der Waals surface area contributed by atoms with Crippen molar-refractivity contribution in [1.82, 2.24) is 4.57 Å². The maximum absolute atomic E-state index is 14.3. The number of aromatic carboxylic acids is 1. The Balaban J connectivity index is 2.01. The summed E-state index contributed by atoms with van der Waals surface area (Å²) >= 11 is 1.50. The van der Waals surface area contributed by atoms with Crippen molar-refractivity contribution in [2.45, 2.75) is 12.3 Å². The van der Waals surface area contributed by atoms with Crippen LogP contribution < -0.4 is 5.32 Å². The first-order valence-corrected chi connectivity index (χ1v) is 8.56. The normalized spacial score (nSPS) is 16.4. The molecule has 0 spiro atoms. The van der Waals surface area contributed by atoms with Gasteiger partial charge in [0.25, 0.3) is 0 Å². The fraction of sp³-hybridized carbons (Fsp3) is 0.111. The Labute approximate surface area is 146 Å². The number of fused-ring (bicyclic) bond motifs is 1. The predicted molar refractivity (Wildman–Crippen MR) is 92.1 cm³/mol. The Morgan fingerprint density at radius 3 is 2.80 bits per heavy atom. The number of rotatable bonds is 3. The van der Waals surface area contributed by atoms with Crippen molar-refractivity contribution in [1.29, 1.82) is 0 Å². The monoisotopic (exact) mass is 356 g/mol. The Morgan fingerprint density at radius 1 is 1.32 bits per heavy atom. The lowest BCUT2D eigenvalue weighted by atomic mass is 9.90. The first-order chi connectivity index (χ1) is 12.1. The molecular weight excluding hydrogens is 343 g/mol. The van der Waals surface area contributed by atoms with Gasteiger partial charge >= 0.3 is 5.97 Å². The van der Waals surface area contributed by atoms with Crippen LogP contribution in [0, 0.1) is 5.82 Å². The molecule has 2 aromatic heterocycles. The van der Waals surface area contributed by atoms with Gasteiger partial charge in [-0.15, -0.1) is 0 Å². The highest BCUT2D eigenvalue weighted by molar-refractivity contribution is 7.08. The molecule has 3 aromatic rings. The molecule has 126 valence electrons. The largest absolute Gasteiger partial charge is 0.478 e. The van der Waals surface area contributed by atoms with Crippen molar-refractivity contribution < 1.29 is 19.1 Å². The van der Waals surface area contributed by atoms with Gasteiger partial charge in [-0.25, -0.2) is 9.18 Å². The second-order valence-electron chi connectivity index (χ2n) is 5.79. The number of halogens is 1. The van der Waals surface area contributed by atoms with Crippen LogP contribution in [0.2, 0.25) is 0 Å². The van der Waals surface area contributed by atoms with Crippen LogP contribution in [-0.2, 0) is 4.79 Å². The molecular formula is C18H13FN2O3S. The van der Waals surface area contributed by atoms with Gasteiger partial charge < -0.3 is 15.0 Å². The van der Waals surface area contributed by atoms with Crippen molar-refractivity contribution in [3.8, 4) is 5.69 Å². The fourth-order valence-electron chi connectivity index (χ4n) is 3.23. The van der Waals surface area contributed by atoms with Gasteiger partial charge in [-0.2, -0.15) is 11.3 Å². The summed E-state index contributed by atoms with van der Waals surface area (Å²) < 4.78 is 15.9. The van der Waals surface area contributed by atoms with Crippen LogP contribution in [0.5, 0.6) is 0 Å². The van der Waals surface area contributed by atoms with Crippen molar-refractivity contribution in [2.24, 2.45) is 0 Å². The van der Waals surface area contributed by atoms with E-state index in [0.717, 1.165) is 5.56 Å². The number of amides is 1. The van der Waals surface area contributed by atoms with Crippen molar-refractivity contribution in [3.05, 3.63) is 69.9 Å². The number of aromatic nitrogens is 1. The highest BCUT2D eigenvalue weighted by Gasteiger charge is 2.34. The van der Waals surface area contributed by atoms with Gasteiger partial charge in [0.05, 0.1) is 17.1 Å². The SMILES string of the molecule is O=C1C[C@H](c2ccsc2)c2c(c(C(=O)O)cn2-c2ccccc2F)N1. The first kappa shape index (κ1) is 15.6. The zero-order chi connectivity index (χ0) is 17.6. The molecule has 3 heterocycles. The molecule has 7 heteroatoms. The molecule has 1 amide bonds. The maximum atomic E-state index is 14.3. The minimum absolute atomic E-state index is 0.0495. The number of para-hydroxylation sites is 1. The molecule has 5 nitrogen and oxygen atoms in total. The maximum Gasteiger partial charge on any atom is 0.339 e. The molecule has 2 N–H and O–H groups in total. The number of benzene rings is 1. The molecule has 1 aliphatic rings. The minimum atomic E-state index is -1.17. The van der Waals surface area contributed by atoms with E-state index < -0.39 is 11.8 Å². The Morgan fingerprint density at radius 2 is 2.12 bits per heavy atom. The average molecular weight is 356 g/mol. The molecule has 1 aliphatic heterocycles. The summed E-state index contributed by atoms with van der Waals surface area (Å²) in [5.41, 5.74) is 1.94. The number of anilines is 1. The van der Waals surface area contributed by atoms with Crippen LogP contribution in [0.3, 0.4) is 0 Å². The van der Waals surface area contributed by atoms with E-state index in [1.165, 1.54) is 28.2 Å². The van der Waals surface area contributed by atoms with E-state index in [-0.39, 0.29) is 35.2 Å². The Bertz CT molecular complexity index is 978. The van der Waals surface area contributed by atoms with Crippen LogP contribution in [-0.4, -0.2) is 21.6 Å². The summed E-state index contributed by atoms with van der Waals surface area (Å²) in [7, 11) is 0. The van der Waals surface area contributed by atoms with Gasteiger partial charge in [-0.3, -0.25) is 4.79 Å². The van der Waals surface area contributed by atoms with E-state index in [9.17, 15) is 19.1 Å². The molecule has 25 heavy (non-hydrogen) atoms. The van der Waals surface area contributed by atoms with E-state index in [0.29, 0.717) is 5.69 Å². The lowest BCUT2D eigenvalue weighted by Gasteiger charge is -2.25. The highest BCUT2D eigenvalue weighted by Crippen LogP contribution is 2.42. The van der Waals surface area contributed by atoms with Crippen molar-refractivity contribution >= 4 is 28.9 Å². The van der Waals surface area contributed by atoms with E-state index in [1.54, 1.807) is 18.2 Å². The van der Waals surface area contributed by atoms with Crippen molar-refractivity contribution in [3.63, 3.8) is 0 Å². The summed E-state index contributed by atoms with van der Waals surface area (Å²) in [6, 6.07) is 8.07. The number of carboxylic acid groups (broad SMARTS) is 1. The lowest BCUT2D eigenvalue weighted by molar-refractivity contribution is -0.116. The number of carboxylic acids is 1. The fourth-order valence-corrected chi connectivity index (χ4v) is 3.94. The summed E-state index contributed by atoms with van der Waals surface area (Å²) in [5.74, 6) is -2.21. The van der Waals surface area contributed by atoms with Crippen molar-refractivity contribution in [2.75, 3.05) is 5.32 Å². The summed E-state index contributed by atoms with van der Waals surface area (Å²) in [6.07, 6.45) is 1.55. The minimum Gasteiger partial charge on any atom is -0.478 e. The number of thiophene rings is 1. The molecule has 0 radical (unpaired) electrons. The lowest BCUT2D eigenvalue weighted by Crippen LogP contribution is -2.25. The first-order valence-electron chi connectivity index (χ1n) is 7.61. The molecule has 0 fully saturated rings. The second kappa shape index (κ2) is 5.86. The van der Waals surface area contributed by atoms with Gasteiger partial charge in [-0.1, -0.05) is 12.1 Å². The molecule has 0 saturated heterocycles. The van der Waals surface area contributed by atoms with E-state index in [1.807, 2.05) is 16.8 Å². The number of nitrogens with zero attached hydrogens (tertiary/aromatic N) is 1. The Kier molecular flexibility index (Phi) is 3.65. The zero-order valence-electron chi connectivity index (χ0n) is 12.9. The van der Waals surface area contributed by atoms with Crippen LogP contribution >= 0.6 is 11.3 Å². The van der Waals surface area contributed by atoms with Gasteiger partial charge in [0.2, 0.25) is 5.91 Å². The number of hydrogen-bond donors (Lipinski definition) is 2. The van der Waals surface area contributed by atoms with E-state index in [2.05, 4.69) is 5.32 Å². The van der Waals surface area contributed by atoms with Gasteiger partial charge in [-0.05, 0) is 34.5 Å². The molecule has 0 bridgehead atoms. The van der Waals surface area contributed by atoms with Crippen LogP contribution in [0.25, 0.3) is 5.69 Å². The van der Waals surface area contributed by atoms with Crippen LogP contribution in [0.1, 0.15) is 34.0 Å². The standard InChI is InChI=1S/C18H13FN2O3S/c19-13-3-1-2-4-14(13)21-8-12(18(23)24)16-17(21)11(7-15(22)20-16)10-5-6-25-9-10/h1-6,8-9,11H,7H2,(H,20,22)(H,23,24)/t11-/m1/s1. The van der Waals surface area contributed by atoms with Gasteiger partial charge in [0, 0.05) is 18.5 Å². The Hall–Kier alpha value is -2.93. The number of nitrogens with one attached hydrogen (secondary N) is 1. The van der Waals surface area contributed by atoms with Crippen LogP contribution in [0.4, 0.5) is 10.1 Å². The smallest absolute Gasteiger partial charge is 0.339 e. The summed E-state index contributed by atoms with van der Waals surface area (Å²) in [6.45, 7) is 0. The average Bonchev–Trinajstić information content (AvgIpc) is 3.22. The topological polar surface area (TPSA) is 71.3 Å². The quantitative estimate of drug-likeness (QED) is 0.749. The molecule has 4 rings (SSSR count). The third-order valence-corrected chi connectivity index (χ3v) is 5.02. The molecule has 0 saturated carbocycles. The van der Waals surface area contributed by atoms with E-state index in [4.69, 9.17) is 0 Å². The summed E-state index contributed by atoms with van der Waals surface area (Å²) in [5, 5.41) is 16.0. The van der Waals surface area contributed by atoms with Crippen LogP contribution in [0.15, 0.2) is 47.3 Å². The summed E-state index contributed by atoms with van der Waals surface area (Å²) in [4.78, 5) is 23.8. The number of hydrogen-bond acceptors (Lipinski definition) is 3. The molecule has 0 aliphatic carbocycles. The third kappa shape index (κ3) is 2.53. The predicted octanol–water partition coefficient (Wildman–Crippen LogP) is 3.85. The number of carbonyl (C=O) groups excluding carboxylic acids is 1.